The molecule has 1 rings (SSSR count). The van der Waals surface area contributed by atoms with Crippen molar-refractivity contribution in [3.05, 3.63) is 0 Å². The maximum Gasteiger partial charge on any atom is 0.0742 e. The highest BCUT2D eigenvalue weighted by Crippen LogP contribution is 2.29. The molecule has 1 aliphatic rings. The van der Waals surface area contributed by atoms with Crippen LogP contribution in [0.25, 0.3) is 0 Å². The lowest BCUT2D eigenvalue weighted by Gasteiger charge is -2.37. The van der Waals surface area contributed by atoms with Gasteiger partial charge in [0.1, 0.15) is 0 Å². The zero-order valence-electron chi connectivity index (χ0n) is 10.9. The normalized spacial score (nSPS) is 28.0. The molecule has 3 heteroatoms. The topological polar surface area (TPSA) is 29.3 Å². The number of nitrogens with two attached hydrogens (primary N) is 1. The molecule has 0 spiro atoms. The van der Waals surface area contributed by atoms with Crippen LogP contribution >= 0.6 is 12.2 Å². The van der Waals surface area contributed by atoms with Gasteiger partial charge in [0.2, 0.25) is 0 Å². The van der Waals surface area contributed by atoms with Gasteiger partial charge in [0.15, 0.2) is 0 Å². The van der Waals surface area contributed by atoms with Crippen LogP contribution in [-0.2, 0) is 0 Å². The monoisotopic (exact) mass is 242 g/mol. The number of nitrogens with zero attached hydrogens (tertiary/aromatic N) is 1. The minimum absolute atomic E-state index is 0.487. The van der Waals surface area contributed by atoms with E-state index in [4.69, 9.17) is 18.0 Å². The van der Waals surface area contributed by atoms with Crippen molar-refractivity contribution in [2.45, 2.75) is 64.5 Å². The Morgan fingerprint density at radius 2 is 1.94 bits per heavy atom. The summed E-state index contributed by atoms with van der Waals surface area (Å²) in [5.41, 5.74) is 5.61. The van der Waals surface area contributed by atoms with Gasteiger partial charge in [-0.25, -0.2) is 0 Å². The van der Waals surface area contributed by atoms with Crippen molar-refractivity contribution in [2.24, 2.45) is 11.7 Å². The van der Waals surface area contributed by atoms with Crippen LogP contribution in [0.1, 0.15) is 52.4 Å². The van der Waals surface area contributed by atoms with Gasteiger partial charge >= 0.3 is 0 Å². The highest BCUT2D eigenvalue weighted by atomic mass is 32.1. The van der Waals surface area contributed by atoms with Crippen molar-refractivity contribution in [3.63, 3.8) is 0 Å². The van der Waals surface area contributed by atoms with E-state index in [0.29, 0.717) is 11.0 Å². The Labute approximate surface area is 106 Å². The standard InChI is InChI=1S/C13H26N2S/c1-4-11-5-7-12(8-6-11)15(3)10(2)9-13(14)16/h10-12H,4-9H2,1-3H3,(H2,14,16). The van der Waals surface area contributed by atoms with Crippen LogP contribution in [0.5, 0.6) is 0 Å². The molecular weight excluding hydrogens is 216 g/mol. The Bertz CT molecular complexity index is 222. The highest BCUT2D eigenvalue weighted by molar-refractivity contribution is 7.80. The summed E-state index contributed by atoms with van der Waals surface area (Å²) in [5, 5.41) is 0. The smallest absolute Gasteiger partial charge is 0.0742 e. The average molecular weight is 242 g/mol. The van der Waals surface area contributed by atoms with Crippen LogP contribution in [0.4, 0.5) is 0 Å². The van der Waals surface area contributed by atoms with E-state index in [1.54, 1.807) is 0 Å². The number of thiocarbonyl (C=S) groups is 1. The maximum absolute atomic E-state index is 5.61. The zero-order valence-corrected chi connectivity index (χ0v) is 11.7. The molecule has 0 saturated heterocycles. The van der Waals surface area contributed by atoms with Gasteiger partial charge in [-0.15, -0.1) is 0 Å². The first-order valence-corrected chi connectivity index (χ1v) is 6.95. The summed E-state index contributed by atoms with van der Waals surface area (Å²) in [6.07, 6.45) is 7.67. The van der Waals surface area contributed by atoms with Crippen molar-refractivity contribution >= 4 is 17.2 Å². The fourth-order valence-corrected chi connectivity index (χ4v) is 3.00. The number of hydrogen-bond acceptors (Lipinski definition) is 2. The average Bonchev–Trinajstić information content (AvgIpc) is 2.27. The van der Waals surface area contributed by atoms with Crippen molar-refractivity contribution in [1.82, 2.24) is 4.90 Å². The molecular formula is C13H26N2S. The molecule has 0 aromatic rings. The van der Waals surface area contributed by atoms with Crippen molar-refractivity contribution in [3.8, 4) is 0 Å². The predicted molar refractivity (Wildman–Crippen MR) is 74.7 cm³/mol. The molecule has 1 saturated carbocycles. The predicted octanol–water partition coefficient (Wildman–Crippen LogP) is 2.95. The second kappa shape index (κ2) is 6.55. The van der Waals surface area contributed by atoms with Crippen LogP contribution in [0.15, 0.2) is 0 Å². The maximum atomic E-state index is 5.61. The lowest BCUT2D eigenvalue weighted by molar-refractivity contribution is 0.129. The summed E-state index contributed by atoms with van der Waals surface area (Å²) in [4.78, 5) is 3.12. The molecule has 16 heavy (non-hydrogen) atoms. The summed E-state index contributed by atoms with van der Waals surface area (Å²) in [6, 6.07) is 1.23. The van der Waals surface area contributed by atoms with Crippen molar-refractivity contribution in [1.29, 1.82) is 0 Å². The minimum atomic E-state index is 0.487. The van der Waals surface area contributed by atoms with E-state index in [9.17, 15) is 0 Å². The quantitative estimate of drug-likeness (QED) is 0.752. The first kappa shape index (κ1) is 13.9. The molecule has 94 valence electrons. The summed E-state index contributed by atoms with van der Waals surface area (Å²) in [6.45, 7) is 4.54. The molecule has 1 atom stereocenters. The fourth-order valence-electron chi connectivity index (χ4n) is 2.76. The van der Waals surface area contributed by atoms with Crippen LogP contribution < -0.4 is 5.73 Å². The van der Waals surface area contributed by atoms with Crippen molar-refractivity contribution in [2.75, 3.05) is 7.05 Å². The Kier molecular flexibility index (Phi) is 5.70. The van der Waals surface area contributed by atoms with Gasteiger partial charge in [0, 0.05) is 18.5 Å². The number of hydrogen-bond donors (Lipinski definition) is 1. The Morgan fingerprint density at radius 3 is 2.38 bits per heavy atom. The molecule has 0 bridgehead atoms. The van der Waals surface area contributed by atoms with Crippen LogP contribution in [0.3, 0.4) is 0 Å². The highest BCUT2D eigenvalue weighted by Gasteiger charge is 2.25. The van der Waals surface area contributed by atoms with Crippen molar-refractivity contribution < 1.29 is 0 Å². The Balaban J connectivity index is 2.37. The zero-order chi connectivity index (χ0) is 12.1. The van der Waals surface area contributed by atoms with Crippen LogP contribution in [0, 0.1) is 5.92 Å². The molecule has 0 amide bonds. The molecule has 0 aromatic carbocycles. The molecule has 0 radical (unpaired) electrons. The molecule has 1 fully saturated rings. The lowest BCUT2D eigenvalue weighted by atomic mass is 9.83. The Morgan fingerprint density at radius 1 is 1.38 bits per heavy atom. The SMILES string of the molecule is CCC1CCC(N(C)C(C)CC(N)=S)CC1. The first-order chi connectivity index (χ1) is 7.54. The molecule has 0 aliphatic heterocycles. The van der Waals surface area contributed by atoms with Gasteiger partial charge in [0.25, 0.3) is 0 Å². The minimum Gasteiger partial charge on any atom is -0.393 e. The molecule has 1 aliphatic carbocycles. The van der Waals surface area contributed by atoms with E-state index in [0.717, 1.165) is 18.4 Å². The lowest BCUT2D eigenvalue weighted by Crippen LogP contribution is -2.42. The molecule has 2 N–H and O–H groups in total. The van der Waals surface area contributed by atoms with E-state index >= 15 is 0 Å². The summed E-state index contributed by atoms with van der Waals surface area (Å²) >= 11 is 4.98. The second-order valence-electron chi connectivity index (χ2n) is 5.27. The molecule has 2 nitrogen and oxygen atoms in total. The molecule has 1 unspecified atom stereocenters. The largest absolute Gasteiger partial charge is 0.393 e. The van der Waals surface area contributed by atoms with E-state index in [-0.39, 0.29) is 0 Å². The third-order valence-corrected chi connectivity index (χ3v) is 4.33. The third kappa shape index (κ3) is 4.02. The summed E-state index contributed by atoms with van der Waals surface area (Å²) in [5.74, 6) is 0.968. The fraction of sp³-hybridized carbons (Fsp3) is 0.923. The van der Waals surface area contributed by atoms with E-state index in [1.165, 1.54) is 32.1 Å². The van der Waals surface area contributed by atoms with E-state index < -0.39 is 0 Å². The van der Waals surface area contributed by atoms with E-state index in [2.05, 4.69) is 25.8 Å². The van der Waals surface area contributed by atoms with Gasteiger partial charge in [-0.1, -0.05) is 25.6 Å². The van der Waals surface area contributed by atoms with Crippen LogP contribution in [-0.4, -0.2) is 29.0 Å². The summed E-state index contributed by atoms with van der Waals surface area (Å²) in [7, 11) is 2.22. The van der Waals surface area contributed by atoms with E-state index in [1.807, 2.05) is 0 Å². The summed E-state index contributed by atoms with van der Waals surface area (Å²) < 4.78 is 0. The van der Waals surface area contributed by atoms with Gasteiger partial charge in [-0.2, -0.15) is 0 Å². The van der Waals surface area contributed by atoms with Crippen LogP contribution in [0.2, 0.25) is 0 Å². The second-order valence-corrected chi connectivity index (χ2v) is 5.79. The molecule has 0 aromatic heterocycles. The Hall–Kier alpha value is -0.150. The van der Waals surface area contributed by atoms with Gasteiger partial charge in [-0.3, -0.25) is 0 Å². The van der Waals surface area contributed by atoms with Gasteiger partial charge < -0.3 is 10.6 Å². The first-order valence-electron chi connectivity index (χ1n) is 6.54. The van der Waals surface area contributed by atoms with Gasteiger partial charge in [0.05, 0.1) is 4.99 Å². The van der Waals surface area contributed by atoms with Gasteiger partial charge in [-0.05, 0) is 45.6 Å². The molecule has 0 heterocycles. The number of rotatable bonds is 5. The third-order valence-electron chi connectivity index (χ3n) is 4.16.